The maximum Gasteiger partial charge on any atom is 0.261 e. The third-order valence-corrected chi connectivity index (χ3v) is 5.57. The van der Waals surface area contributed by atoms with Crippen molar-refractivity contribution in [2.24, 2.45) is 0 Å². The second-order valence-electron chi connectivity index (χ2n) is 5.59. The maximum atomic E-state index is 12.5. The monoisotopic (exact) mass is 380 g/mol. The highest BCUT2D eigenvalue weighted by molar-refractivity contribution is 7.92. The molecular weight excluding hydrogens is 364 g/mol. The van der Waals surface area contributed by atoms with Gasteiger partial charge < -0.3 is 9.64 Å². The molecule has 1 aliphatic heterocycles. The fraction of sp³-hybridized carbons (Fsp3) is 0.235. The molecule has 2 aromatic carbocycles. The van der Waals surface area contributed by atoms with E-state index in [2.05, 4.69) is 4.72 Å². The number of nitrogens with one attached hydrogen (secondary N) is 1. The minimum absolute atomic E-state index is 0.00370. The van der Waals surface area contributed by atoms with E-state index in [0.29, 0.717) is 35.1 Å². The number of ether oxygens (including phenoxy) is 1. The van der Waals surface area contributed by atoms with E-state index in [1.54, 1.807) is 23.1 Å². The first-order chi connectivity index (χ1) is 11.9. The lowest BCUT2D eigenvalue weighted by molar-refractivity contribution is -0.117. The Balaban J connectivity index is 1.92. The summed E-state index contributed by atoms with van der Waals surface area (Å²) in [5.41, 5.74) is 0.909. The number of hydrogen-bond donors (Lipinski definition) is 1. The Morgan fingerprint density at radius 3 is 2.48 bits per heavy atom. The van der Waals surface area contributed by atoms with Gasteiger partial charge >= 0.3 is 0 Å². The minimum Gasteiger partial charge on any atom is -0.495 e. The Labute approximate surface area is 151 Å². The minimum atomic E-state index is -3.76. The maximum absolute atomic E-state index is 12.5. The fourth-order valence-electron chi connectivity index (χ4n) is 2.70. The Morgan fingerprint density at radius 1 is 1.16 bits per heavy atom. The third kappa shape index (κ3) is 3.72. The number of nitrogens with zero attached hydrogens (tertiary/aromatic N) is 1. The van der Waals surface area contributed by atoms with Gasteiger partial charge in [-0.15, -0.1) is 0 Å². The number of carbonyl (C=O) groups is 1. The second-order valence-corrected chi connectivity index (χ2v) is 7.71. The smallest absolute Gasteiger partial charge is 0.261 e. The molecule has 1 fully saturated rings. The third-order valence-electron chi connectivity index (χ3n) is 3.92. The Morgan fingerprint density at radius 2 is 1.88 bits per heavy atom. The summed E-state index contributed by atoms with van der Waals surface area (Å²) in [4.78, 5) is 13.7. The molecule has 0 atom stereocenters. The van der Waals surface area contributed by atoms with Crippen molar-refractivity contribution in [3.8, 4) is 5.75 Å². The van der Waals surface area contributed by atoms with E-state index in [9.17, 15) is 13.2 Å². The molecule has 1 saturated heterocycles. The van der Waals surface area contributed by atoms with Crippen LogP contribution >= 0.6 is 11.6 Å². The first-order valence-electron chi connectivity index (χ1n) is 7.67. The Hall–Kier alpha value is -2.25. The zero-order chi connectivity index (χ0) is 18.0. The van der Waals surface area contributed by atoms with Crippen LogP contribution in [0.2, 0.25) is 5.02 Å². The number of rotatable bonds is 5. The quantitative estimate of drug-likeness (QED) is 0.863. The number of sulfonamides is 1. The summed E-state index contributed by atoms with van der Waals surface area (Å²) in [6, 6.07) is 10.7. The fourth-order valence-corrected chi connectivity index (χ4v) is 3.87. The van der Waals surface area contributed by atoms with Crippen molar-refractivity contribution in [1.82, 2.24) is 0 Å². The summed E-state index contributed by atoms with van der Waals surface area (Å²) in [7, 11) is -2.25. The summed E-state index contributed by atoms with van der Waals surface area (Å²) in [5.74, 6) is 0.515. The van der Waals surface area contributed by atoms with Gasteiger partial charge in [-0.3, -0.25) is 9.52 Å². The van der Waals surface area contributed by atoms with Crippen LogP contribution in [0.3, 0.4) is 0 Å². The molecule has 1 heterocycles. The lowest BCUT2D eigenvalue weighted by Crippen LogP contribution is -2.24. The molecule has 0 aliphatic carbocycles. The Kier molecular flexibility index (Phi) is 4.87. The number of benzene rings is 2. The Bertz CT molecular complexity index is 897. The van der Waals surface area contributed by atoms with E-state index in [-0.39, 0.29) is 10.8 Å². The molecule has 0 bridgehead atoms. The average molecular weight is 381 g/mol. The molecule has 25 heavy (non-hydrogen) atoms. The van der Waals surface area contributed by atoms with E-state index in [0.717, 1.165) is 6.42 Å². The van der Waals surface area contributed by atoms with Crippen LogP contribution in [-0.2, 0) is 14.8 Å². The van der Waals surface area contributed by atoms with Crippen molar-refractivity contribution < 1.29 is 17.9 Å². The molecule has 2 aromatic rings. The average Bonchev–Trinajstić information content (AvgIpc) is 3.00. The van der Waals surface area contributed by atoms with Crippen LogP contribution in [0.1, 0.15) is 12.8 Å². The van der Waals surface area contributed by atoms with Gasteiger partial charge in [0.25, 0.3) is 10.0 Å². The van der Waals surface area contributed by atoms with E-state index in [4.69, 9.17) is 16.3 Å². The van der Waals surface area contributed by atoms with E-state index in [1.165, 1.54) is 31.4 Å². The topological polar surface area (TPSA) is 75.7 Å². The number of amides is 1. The van der Waals surface area contributed by atoms with Gasteiger partial charge in [-0.2, -0.15) is 0 Å². The predicted octanol–water partition coefficient (Wildman–Crippen LogP) is 3.28. The van der Waals surface area contributed by atoms with E-state index >= 15 is 0 Å². The van der Waals surface area contributed by atoms with Gasteiger partial charge in [0.2, 0.25) is 5.91 Å². The van der Waals surface area contributed by atoms with Gasteiger partial charge in [0.15, 0.2) is 0 Å². The van der Waals surface area contributed by atoms with Crippen molar-refractivity contribution in [2.75, 3.05) is 23.3 Å². The van der Waals surface area contributed by atoms with Crippen molar-refractivity contribution in [3.63, 3.8) is 0 Å². The molecule has 0 aromatic heterocycles. The van der Waals surface area contributed by atoms with Gasteiger partial charge in [0.05, 0.1) is 23.4 Å². The van der Waals surface area contributed by atoms with Crippen molar-refractivity contribution in [1.29, 1.82) is 0 Å². The highest BCUT2D eigenvalue weighted by Gasteiger charge is 2.25. The highest BCUT2D eigenvalue weighted by atomic mass is 35.5. The SMILES string of the molecule is COc1ccc(NS(=O)(=O)c2ccc(Cl)cc2)cc1N1CCCC1=O. The number of anilines is 2. The van der Waals surface area contributed by atoms with Crippen LogP contribution in [0.5, 0.6) is 5.75 Å². The molecule has 0 unspecified atom stereocenters. The summed E-state index contributed by atoms with van der Waals surface area (Å²) in [6.07, 6.45) is 1.24. The van der Waals surface area contributed by atoms with Crippen LogP contribution in [-0.4, -0.2) is 28.0 Å². The molecule has 8 heteroatoms. The van der Waals surface area contributed by atoms with Crippen LogP contribution in [0.15, 0.2) is 47.4 Å². The molecular formula is C17H17ClN2O4S. The molecule has 0 spiro atoms. The molecule has 1 aliphatic rings. The summed E-state index contributed by atoms with van der Waals surface area (Å²) in [6.45, 7) is 0.586. The van der Waals surface area contributed by atoms with Gasteiger partial charge in [-0.25, -0.2) is 8.42 Å². The van der Waals surface area contributed by atoms with Crippen molar-refractivity contribution >= 4 is 38.9 Å². The standard InChI is InChI=1S/C17H17ClN2O4S/c1-24-16-9-6-13(11-15(16)20-10-2-3-17(20)21)19-25(22,23)14-7-4-12(18)5-8-14/h4-9,11,19H,2-3,10H2,1H3. The summed E-state index contributed by atoms with van der Waals surface area (Å²) < 4.78 is 32.8. The molecule has 3 rings (SSSR count). The van der Waals surface area contributed by atoms with Gasteiger partial charge in [-0.1, -0.05) is 11.6 Å². The van der Waals surface area contributed by atoms with Crippen LogP contribution in [0.25, 0.3) is 0 Å². The van der Waals surface area contributed by atoms with Crippen molar-refractivity contribution in [2.45, 2.75) is 17.7 Å². The van der Waals surface area contributed by atoms with Gasteiger partial charge in [0, 0.05) is 18.0 Å². The summed E-state index contributed by atoms with van der Waals surface area (Å²) >= 11 is 5.80. The van der Waals surface area contributed by atoms with Gasteiger partial charge in [0.1, 0.15) is 5.75 Å². The van der Waals surface area contributed by atoms with Crippen LogP contribution in [0.4, 0.5) is 11.4 Å². The van der Waals surface area contributed by atoms with Crippen LogP contribution < -0.4 is 14.4 Å². The first-order valence-corrected chi connectivity index (χ1v) is 9.53. The van der Waals surface area contributed by atoms with E-state index < -0.39 is 10.0 Å². The number of methoxy groups -OCH3 is 1. The van der Waals surface area contributed by atoms with Gasteiger partial charge in [-0.05, 0) is 48.9 Å². The lowest BCUT2D eigenvalue weighted by Gasteiger charge is -2.20. The van der Waals surface area contributed by atoms with Crippen molar-refractivity contribution in [3.05, 3.63) is 47.5 Å². The number of hydrogen-bond acceptors (Lipinski definition) is 4. The normalized spacial score (nSPS) is 14.6. The number of carbonyl (C=O) groups excluding carboxylic acids is 1. The molecule has 0 saturated carbocycles. The summed E-state index contributed by atoms with van der Waals surface area (Å²) in [5, 5.41) is 0.457. The zero-order valence-electron chi connectivity index (χ0n) is 13.5. The lowest BCUT2D eigenvalue weighted by atomic mass is 10.2. The predicted molar refractivity (Wildman–Crippen MR) is 96.8 cm³/mol. The number of halogens is 1. The molecule has 0 radical (unpaired) electrons. The molecule has 6 nitrogen and oxygen atoms in total. The molecule has 1 amide bonds. The van der Waals surface area contributed by atoms with Crippen LogP contribution in [0, 0.1) is 0 Å². The highest BCUT2D eigenvalue weighted by Crippen LogP contribution is 2.34. The molecule has 1 N–H and O–H groups in total. The van der Waals surface area contributed by atoms with E-state index in [1.807, 2.05) is 0 Å². The largest absolute Gasteiger partial charge is 0.495 e. The zero-order valence-corrected chi connectivity index (χ0v) is 15.1. The second kappa shape index (κ2) is 6.93. The molecule has 132 valence electrons. The first kappa shape index (κ1) is 17.6.